The zero-order valence-electron chi connectivity index (χ0n) is 13.8. The van der Waals surface area contributed by atoms with Crippen molar-refractivity contribution in [3.05, 3.63) is 66.0 Å². The summed E-state index contributed by atoms with van der Waals surface area (Å²) < 4.78 is 13.1. The van der Waals surface area contributed by atoms with Crippen LogP contribution >= 0.6 is 0 Å². The van der Waals surface area contributed by atoms with Gasteiger partial charge in [0, 0.05) is 6.42 Å². The number of hydroxylamine groups is 1. The highest BCUT2D eigenvalue weighted by atomic mass is 19.1. The summed E-state index contributed by atoms with van der Waals surface area (Å²) in [6.45, 7) is 0.195. The summed E-state index contributed by atoms with van der Waals surface area (Å²) >= 11 is 0. The van der Waals surface area contributed by atoms with E-state index < -0.39 is 23.7 Å². The van der Waals surface area contributed by atoms with Crippen LogP contribution in [-0.2, 0) is 21.0 Å². The average Bonchev–Trinajstić information content (AvgIpc) is 3.09. The molecule has 1 aliphatic heterocycles. The van der Waals surface area contributed by atoms with E-state index in [1.165, 1.54) is 29.3 Å². The largest absolute Gasteiger partial charge is 0.368 e. The fourth-order valence-corrected chi connectivity index (χ4v) is 2.52. The predicted octanol–water partition coefficient (Wildman–Crippen LogP) is 1.49. The Hall–Kier alpha value is -3.26. The molecule has 2 amide bonds. The molecular formula is C18H17FN4O3. The Morgan fingerprint density at radius 2 is 1.88 bits per heavy atom. The van der Waals surface area contributed by atoms with Gasteiger partial charge in [-0.1, -0.05) is 30.3 Å². The van der Waals surface area contributed by atoms with Crippen LogP contribution in [0.3, 0.4) is 0 Å². The number of nitrogens with one attached hydrogen (secondary N) is 1. The molecule has 0 aromatic heterocycles. The Labute approximate surface area is 149 Å². The topological polar surface area (TPSA) is 97.0 Å². The van der Waals surface area contributed by atoms with Gasteiger partial charge in [-0.2, -0.15) is 5.10 Å². The minimum absolute atomic E-state index is 0.0350. The zero-order valence-corrected chi connectivity index (χ0v) is 13.8. The SMILES string of the molecule is NC(=O)C1CC(C(=O)NOCc2ccccc2)=NN1c1ccc(F)cc1. The van der Waals surface area contributed by atoms with Gasteiger partial charge in [0.05, 0.1) is 12.3 Å². The molecular weight excluding hydrogens is 339 g/mol. The normalized spacial score (nSPS) is 16.3. The third kappa shape index (κ3) is 4.04. The Balaban J connectivity index is 1.66. The van der Waals surface area contributed by atoms with Crippen molar-refractivity contribution in [2.75, 3.05) is 5.01 Å². The quantitative estimate of drug-likeness (QED) is 0.767. The van der Waals surface area contributed by atoms with Crippen molar-refractivity contribution < 1.29 is 18.8 Å². The molecule has 2 aromatic carbocycles. The molecule has 1 aliphatic rings. The Bertz CT molecular complexity index is 824. The lowest BCUT2D eigenvalue weighted by Gasteiger charge is -2.20. The van der Waals surface area contributed by atoms with Gasteiger partial charge >= 0.3 is 0 Å². The van der Waals surface area contributed by atoms with Gasteiger partial charge in [-0.05, 0) is 29.8 Å². The lowest BCUT2D eigenvalue weighted by molar-refractivity contribution is -0.127. The number of carbonyl (C=O) groups is 2. The maximum Gasteiger partial charge on any atom is 0.291 e. The van der Waals surface area contributed by atoms with Gasteiger partial charge < -0.3 is 5.73 Å². The number of hydrogen-bond donors (Lipinski definition) is 2. The van der Waals surface area contributed by atoms with Crippen LogP contribution in [0.25, 0.3) is 0 Å². The van der Waals surface area contributed by atoms with E-state index in [-0.39, 0.29) is 18.7 Å². The minimum atomic E-state index is -0.824. The summed E-state index contributed by atoms with van der Waals surface area (Å²) in [5.41, 5.74) is 9.17. The molecule has 0 saturated carbocycles. The highest BCUT2D eigenvalue weighted by Gasteiger charge is 2.35. The number of carbonyl (C=O) groups excluding carboxylic acids is 2. The summed E-state index contributed by atoms with van der Waals surface area (Å²) in [5.74, 6) is -1.61. The lowest BCUT2D eigenvalue weighted by atomic mass is 10.1. The van der Waals surface area contributed by atoms with Crippen molar-refractivity contribution in [1.29, 1.82) is 0 Å². The molecule has 1 atom stereocenters. The van der Waals surface area contributed by atoms with E-state index in [0.29, 0.717) is 5.69 Å². The van der Waals surface area contributed by atoms with Crippen LogP contribution in [0.2, 0.25) is 0 Å². The minimum Gasteiger partial charge on any atom is -0.368 e. The van der Waals surface area contributed by atoms with Gasteiger partial charge in [-0.3, -0.25) is 19.4 Å². The van der Waals surface area contributed by atoms with Gasteiger partial charge in [0.25, 0.3) is 5.91 Å². The first kappa shape index (κ1) is 17.6. The number of rotatable bonds is 6. The van der Waals surface area contributed by atoms with Gasteiger partial charge in [0.2, 0.25) is 5.91 Å². The van der Waals surface area contributed by atoms with Crippen LogP contribution in [0.1, 0.15) is 12.0 Å². The van der Waals surface area contributed by atoms with E-state index in [1.807, 2.05) is 30.3 Å². The molecule has 134 valence electrons. The summed E-state index contributed by atoms with van der Waals surface area (Å²) in [4.78, 5) is 29.1. The van der Waals surface area contributed by atoms with Crippen molar-refractivity contribution in [2.45, 2.75) is 19.1 Å². The van der Waals surface area contributed by atoms with Gasteiger partial charge in [0.15, 0.2) is 0 Å². The van der Waals surface area contributed by atoms with Gasteiger partial charge in [0.1, 0.15) is 17.6 Å². The Kier molecular flexibility index (Phi) is 5.23. The van der Waals surface area contributed by atoms with E-state index in [2.05, 4.69) is 10.6 Å². The summed E-state index contributed by atoms with van der Waals surface area (Å²) in [5, 5.41) is 5.46. The zero-order chi connectivity index (χ0) is 18.5. The monoisotopic (exact) mass is 356 g/mol. The maximum absolute atomic E-state index is 13.1. The molecule has 0 fully saturated rings. The predicted molar refractivity (Wildman–Crippen MR) is 93.3 cm³/mol. The maximum atomic E-state index is 13.1. The molecule has 0 aliphatic carbocycles. The number of nitrogens with two attached hydrogens (primary N) is 1. The summed E-state index contributed by atoms with van der Waals surface area (Å²) in [6, 6.07) is 13.9. The van der Waals surface area contributed by atoms with Crippen molar-refractivity contribution in [3.8, 4) is 0 Å². The number of primary amides is 1. The number of nitrogens with zero attached hydrogens (tertiary/aromatic N) is 2. The molecule has 8 heteroatoms. The Morgan fingerprint density at radius 3 is 2.54 bits per heavy atom. The van der Waals surface area contributed by atoms with Crippen LogP contribution in [0.15, 0.2) is 59.7 Å². The van der Waals surface area contributed by atoms with Crippen LogP contribution in [0.5, 0.6) is 0 Å². The number of halogens is 1. The first-order valence-electron chi connectivity index (χ1n) is 7.92. The molecule has 1 heterocycles. The van der Waals surface area contributed by atoms with E-state index in [0.717, 1.165) is 5.56 Å². The van der Waals surface area contributed by atoms with Crippen LogP contribution in [-0.4, -0.2) is 23.6 Å². The Morgan fingerprint density at radius 1 is 1.19 bits per heavy atom. The van der Waals surface area contributed by atoms with E-state index in [4.69, 9.17) is 10.6 Å². The number of anilines is 1. The van der Waals surface area contributed by atoms with Crippen LogP contribution < -0.4 is 16.2 Å². The molecule has 1 unspecified atom stereocenters. The number of hydrazone groups is 1. The molecule has 0 bridgehead atoms. The molecule has 0 saturated heterocycles. The smallest absolute Gasteiger partial charge is 0.291 e. The van der Waals surface area contributed by atoms with Crippen molar-refractivity contribution in [3.63, 3.8) is 0 Å². The first-order chi connectivity index (χ1) is 12.5. The molecule has 0 radical (unpaired) electrons. The highest BCUT2D eigenvalue weighted by Crippen LogP contribution is 2.24. The van der Waals surface area contributed by atoms with Crippen molar-refractivity contribution in [2.24, 2.45) is 10.8 Å². The molecule has 2 aromatic rings. The third-order valence-corrected chi connectivity index (χ3v) is 3.84. The van der Waals surface area contributed by atoms with Gasteiger partial charge in [-0.15, -0.1) is 0 Å². The first-order valence-corrected chi connectivity index (χ1v) is 7.92. The third-order valence-electron chi connectivity index (χ3n) is 3.84. The number of hydrogen-bond acceptors (Lipinski definition) is 5. The van der Waals surface area contributed by atoms with Crippen LogP contribution in [0.4, 0.5) is 10.1 Å². The molecule has 3 N–H and O–H groups in total. The van der Waals surface area contributed by atoms with Gasteiger partial charge in [-0.25, -0.2) is 9.87 Å². The lowest BCUT2D eigenvalue weighted by Crippen LogP contribution is -2.39. The number of amides is 2. The standard InChI is InChI=1S/C18H17FN4O3/c19-13-6-8-14(9-7-13)23-16(17(20)24)10-15(21-23)18(25)22-26-11-12-4-2-1-3-5-12/h1-9,16H,10-11H2,(H2,20,24)(H,22,25). The van der Waals surface area contributed by atoms with Crippen LogP contribution in [0, 0.1) is 5.82 Å². The second kappa shape index (κ2) is 7.75. The molecule has 3 rings (SSSR count). The fraction of sp³-hybridized carbons (Fsp3) is 0.167. The van der Waals surface area contributed by atoms with Crippen molar-refractivity contribution in [1.82, 2.24) is 5.48 Å². The van der Waals surface area contributed by atoms with E-state index >= 15 is 0 Å². The number of benzene rings is 2. The second-order valence-electron chi connectivity index (χ2n) is 5.70. The highest BCUT2D eigenvalue weighted by molar-refractivity contribution is 6.40. The van der Waals surface area contributed by atoms with Crippen molar-refractivity contribution >= 4 is 23.2 Å². The molecule has 26 heavy (non-hydrogen) atoms. The summed E-state index contributed by atoms with van der Waals surface area (Å²) in [6.07, 6.45) is 0.0350. The summed E-state index contributed by atoms with van der Waals surface area (Å²) in [7, 11) is 0. The molecule has 7 nitrogen and oxygen atoms in total. The second-order valence-corrected chi connectivity index (χ2v) is 5.70. The average molecular weight is 356 g/mol. The fourth-order valence-electron chi connectivity index (χ4n) is 2.52. The van der Waals surface area contributed by atoms with E-state index in [1.54, 1.807) is 0 Å². The van der Waals surface area contributed by atoms with E-state index in [9.17, 15) is 14.0 Å². The molecule has 0 spiro atoms.